The largest absolute Gasteiger partial charge is 0.452 e. The number of carbonyl (C=O) groups excluding carboxylic acids is 2. The molecule has 0 atom stereocenters. The molecule has 2 aromatic heterocycles. The van der Waals surface area contributed by atoms with Crippen LogP contribution < -0.4 is 14.8 Å². The van der Waals surface area contributed by atoms with Crippen molar-refractivity contribution in [1.29, 1.82) is 0 Å². The molecule has 3 aromatic rings. The van der Waals surface area contributed by atoms with E-state index in [2.05, 4.69) is 10.4 Å². The molecule has 184 valence electrons. The topological polar surface area (TPSA) is 105 Å². The number of fused-ring (bicyclic) bond motifs is 2. The smallest absolute Gasteiger partial charge is 0.339 e. The molecule has 1 N–H and O–H groups in total. The summed E-state index contributed by atoms with van der Waals surface area (Å²) in [5, 5.41) is 7.75. The Kier molecular flexibility index (Phi) is 5.86. The van der Waals surface area contributed by atoms with Gasteiger partial charge in [0.1, 0.15) is 0 Å². The van der Waals surface area contributed by atoms with E-state index in [9.17, 15) is 9.59 Å². The lowest BCUT2D eigenvalue weighted by atomic mass is 10.1. The highest BCUT2D eigenvalue weighted by Crippen LogP contribution is 2.47. The van der Waals surface area contributed by atoms with Gasteiger partial charge in [0, 0.05) is 36.3 Å². The highest BCUT2D eigenvalue weighted by molar-refractivity contribution is 6.04. The molecule has 35 heavy (non-hydrogen) atoms. The third-order valence-corrected chi connectivity index (χ3v) is 6.41. The minimum Gasteiger partial charge on any atom is -0.452 e. The first-order chi connectivity index (χ1) is 16.7. The number of pyridine rings is 1. The van der Waals surface area contributed by atoms with Gasteiger partial charge in [-0.05, 0) is 50.8 Å². The number of anilines is 1. The van der Waals surface area contributed by atoms with Crippen LogP contribution in [0, 0.1) is 0 Å². The zero-order valence-electron chi connectivity index (χ0n) is 20.5. The molecule has 1 aliphatic heterocycles. The normalized spacial score (nSPS) is 15.9. The molecule has 1 spiro atoms. The van der Waals surface area contributed by atoms with E-state index in [4.69, 9.17) is 19.2 Å². The summed E-state index contributed by atoms with van der Waals surface area (Å²) in [5.41, 5.74) is 2.29. The molecule has 0 radical (unpaired) electrons. The standard InChI is InChI=1S/C26H30N4O5/c1-15(2)20-12-18(19-13-27-30(16(3)4)24(19)29-20)25(32)33-14-23(31)28-17-7-8-21-22(11-17)35-26(34-21)9-5-6-10-26/h7-8,11-13,15-16H,5-6,9-10,14H2,1-4H3,(H,28,31). The second-order valence-corrected chi connectivity index (χ2v) is 9.78. The summed E-state index contributed by atoms with van der Waals surface area (Å²) in [6, 6.07) is 7.08. The number of hydrogen-bond donors (Lipinski definition) is 1. The molecule has 0 bridgehead atoms. The van der Waals surface area contributed by atoms with Crippen LogP contribution in [0.1, 0.15) is 81.4 Å². The second kappa shape index (κ2) is 8.87. The molecule has 1 saturated carbocycles. The first kappa shape index (κ1) is 23.1. The van der Waals surface area contributed by atoms with E-state index in [0.29, 0.717) is 33.8 Å². The number of benzene rings is 1. The molecule has 0 unspecified atom stereocenters. The number of nitrogens with one attached hydrogen (secondary N) is 1. The van der Waals surface area contributed by atoms with Crippen LogP contribution in [-0.4, -0.2) is 39.0 Å². The van der Waals surface area contributed by atoms with Crippen LogP contribution in [0.15, 0.2) is 30.5 Å². The first-order valence-corrected chi connectivity index (χ1v) is 12.1. The molecule has 1 aliphatic carbocycles. The van der Waals surface area contributed by atoms with Crippen LogP contribution in [0.25, 0.3) is 11.0 Å². The Hall–Kier alpha value is -3.62. The summed E-state index contributed by atoms with van der Waals surface area (Å²) >= 11 is 0. The molecule has 9 heteroatoms. The van der Waals surface area contributed by atoms with E-state index in [-0.39, 0.29) is 12.0 Å². The van der Waals surface area contributed by atoms with Gasteiger partial charge in [0.05, 0.1) is 17.1 Å². The summed E-state index contributed by atoms with van der Waals surface area (Å²) < 4.78 is 19.2. The van der Waals surface area contributed by atoms with Crippen LogP contribution in [-0.2, 0) is 9.53 Å². The zero-order chi connectivity index (χ0) is 24.7. The highest BCUT2D eigenvalue weighted by atomic mass is 16.7. The van der Waals surface area contributed by atoms with Gasteiger partial charge >= 0.3 is 5.97 Å². The Morgan fingerprint density at radius 1 is 1.11 bits per heavy atom. The number of aromatic nitrogens is 3. The molecule has 3 heterocycles. The van der Waals surface area contributed by atoms with Crippen molar-refractivity contribution in [3.8, 4) is 11.5 Å². The van der Waals surface area contributed by atoms with Crippen molar-refractivity contribution in [3.63, 3.8) is 0 Å². The molecule has 5 rings (SSSR count). The van der Waals surface area contributed by atoms with E-state index < -0.39 is 24.3 Å². The van der Waals surface area contributed by atoms with Crippen LogP contribution in [0.4, 0.5) is 5.69 Å². The Morgan fingerprint density at radius 3 is 2.57 bits per heavy atom. The second-order valence-electron chi connectivity index (χ2n) is 9.78. The number of ether oxygens (including phenoxy) is 3. The SMILES string of the molecule is CC(C)c1cc(C(=O)OCC(=O)Nc2ccc3c(c2)OC2(CCCC2)O3)c2cnn(C(C)C)c2n1. The Bertz CT molecular complexity index is 1290. The van der Waals surface area contributed by atoms with Gasteiger partial charge in [0.15, 0.2) is 23.8 Å². The average molecular weight is 479 g/mol. The Morgan fingerprint density at radius 2 is 1.86 bits per heavy atom. The number of carbonyl (C=O) groups is 2. The van der Waals surface area contributed by atoms with Gasteiger partial charge in [-0.2, -0.15) is 5.10 Å². The quantitative estimate of drug-likeness (QED) is 0.499. The van der Waals surface area contributed by atoms with Crippen LogP contribution in [0.5, 0.6) is 11.5 Å². The van der Waals surface area contributed by atoms with E-state index in [1.54, 1.807) is 35.1 Å². The van der Waals surface area contributed by atoms with Gasteiger partial charge in [-0.3, -0.25) is 4.79 Å². The van der Waals surface area contributed by atoms with E-state index in [1.165, 1.54) is 0 Å². The van der Waals surface area contributed by atoms with Crippen LogP contribution in [0.3, 0.4) is 0 Å². The van der Waals surface area contributed by atoms with Crippen molar-refractivity contribution < 1.29 is 23.8 Å². The lowest BCUT2D eigenvalue weighted by molar-refractivity contribution is -0.119. The Labute approximate surface area is 203 Å². The van der Waals surface area contributed by atoms with Crippen molar-refractivity contribution in [2.45, 2.75) is 71.1 Å². The molecule has 2 aliphatic rings. The molecule has 9 nitrogen and oxygen atoms in total. The molecule has 0 saturated heterocycles. The van der Waals surface area contributed by atoms with Crippen LogP contribution in [0.2, 0.25) is 0 Å². The number of amides is 1. The fraction of sp³-hybridized carbons (Fsp3) is 0.462. The van der Waals surface area contributed by atoms with Crippen molar-refractivity contribution in [3.05, 3.63) is 41.7 Å². The third-order valence-electron chi connectivity index (χ3n) is 6.41. The number of nitrogens with zero attached hydrogens (tertiary/aromatic N) is 3. The number of esters is 1. The first-order valence-electron chi connectivity index (χ1n) is 12.1. The van der Waals surface area contributed by atoms with E-state index in [1.807, 2.05) is 27.7 Å². The predicted molar refractivity (Wildman–Crippen MR) is 130 cm³/mol. The minimum absolute atomic E-state index is 0.0855. The molecule has 1 aromatic carbocycles. The van der Waals surface area contributed by atoms with Crippen molar-refractivity contribution in [2.24, 2.45) is 0 Å². The molecule has 1 amide bonds. The van der Waals surface area contributed by atoms with Gasteiger partial charge in [-0.15, -0.1) is 0 Å². The van der Waals surface area contributed by atoms with E-state index >= 15 is 0 Å². The summed E-state index contributed by atoms with van der Waals surface area (Å²) in [6.45, 7) is 7.60. The summed E-state index contributed by atoms with van der Waals surface area (Å²) in [7, 11) is 0. The van der Waals surface area contributed by atoms with Crippen molar-refractivity contribution in [1.82, 2.24) is 14.8 Å². The minimum atomic E-state index is -0.591. The maximum atomic E-state index is 13.0. The van der Waals surface area contributed by atoms with Gasteiger partial charge < -0.3 is 19.5 Å². The monoisotopic (exact) mass is 478 g/mol. The van der Waals surface area contributed by atoms with Gasteiger partial charge in [0.25, 0.3) is 11.7 Å². The van der Waals surface area contributed by atoms with Crippen LogP contribution >= 0.6 is 0 Å². The number of rotatable bonds is 6. The summed E-state index contributed by atoms with van der Waals surface area (Å²) in [5.74, 6) is -0.190. The van der Waals surface area contributed by atoms with Gasteiger partial charge in [0.2, 0.25) is 0 Å². The third kappa shape index (κ3) is 4.42. The lowest BCUT2D eigenvalue weighted by Gasteiger charge is -2.21. The van der Waals surface area contributed by atoms with Gasteiger partial charge in [-0.25, -0.2) is 14.5 Å². The highest BCUT2D eigenvalue weighted by Gasteiger charge is 2.44. The maximum Gasteiger partial charge on any atom is 0.339 e. The van der Waals surface area contributed by atoms with Gasteiger partial charge in [-0.1, -0.05) is 13.8 Å². The van der Waals surface area contributed by atoms with Crippen molar-refractivity contribution in [2.75, 3.05) is 11.9 Å². The predicted octanol–water partition coefficient (Wildman–Crippen LogP) is 4.97. The fourth-order valence-electron chi connectivity index (χ4n) is 4.58. The maximum absolute atomic E-state index is 13.0. The fourth-order valence-corrected chi connectivity index (χ4v) is 4.58. The molecule has 1 fully saturated rings. The molecular formula is C26H30N4O5. The summed E-state index contributed by atoms with van der Waals surface area (Å²) in [4.78, 5) is 30.2. The average Bonchev–Trinajstić information content (AvgIpc) is 3.54. The lowest BCUT2D eigenvalue weighted by Crippen LogP contribution is -2.34. The van der Waals surface area contributed by atoms with Crippen molar-refractivity contribution >= 4 is 28.6 Å². The summed E-state index contributed by atoms with van der Waals surface area (Å²) in [6.07, 6.45) is 5.48. The zero-order valence-corrected chi connectivity index (χ0v) is 20.5. The van der Waals surface area contributed by atoms with E-state index in [0.717, 1.165) is 31.4 Å². The molecular weight excluding hydrogens is 448 g/mol. The Balaban J connectivity index is 1.27. The number of hydrogen-bond acceptors (Lipinski definition) is 7.